The predicted octanol–water partition coefficient (Wildman–Crippen LogP) is 6.90. The number of thioether (sulfide) groups is 1. The van der Waals surface area contributed by atoms with Gasteiger partial charge in [-0.1, -0.05) is 27.7 Å². The Balaban J connectivity index is 1.72. The number of hydrogen-bond acceptors (Lipinski definition) is 2. The average Bonchev–Trinajstić information content (AvgIpc) is 2.53. The maximum Gasteiger partial charge on any atom is 0.416 e. The Kier molecular flexibility index (Phi) is 5.17. The molecule has 2 amide bonds. The highest BCUT2D eigenvalue weighted by Gasteiger charge is 2.38. The summed E-state index contributed by atoms with van der Waals surface area (Å²) < 4.78 is 38.0. The first-order chi connectivity index (χ1) is 12.9. The Labute approximate surface area is 167 Å². The molecule has 0 saturated carbocycles. The molecular weight excluding hydrogens is 385 g/mol. The molecular formula is C21H23F3N2OS. The molecule has 1 aliphatic rings. The molecule has 2 aromatic rings. The van der Waals surface area contributed by atoms with Crippen LogP contribution < -0.4 is 10.6 Å². The van der Waals surface area contributed by atoms with Gasteiger partial charge in [0.15, 0.2) is 0 Å². The van der Waals surface area contributed by atoms with E-state index in [-0.39, 0.29) is 10.2 Å². The van der Waals surface area contributed by atoms with E-state index in [2.05, 4.69) is 38.3 Å². The predicted molar refractivity (Wildman–Crippen MR) is 108 cm³/mol. The van der Waals surface area contributed by atoms with Gasteiger partial charge in [-0.05, 0) is 59.9 Å². The van der Waals surface area contributed by atoms with Crippen LogP contribution in [0.1, 0.15) is 45.2 Å². The number of fused-ring (bicyclic) bond motifs is 1. The first kappa shape index (κ1) is 20.6. The molecule has 3 rings (SSSR count). The number of nitrogens with one attached hydrogen (secondary N) is 2. The van der Waals surface area contributed by atoms with Crippen molar-refractivity contribution in [1.82, 2.24) is 0 Å². The number of anilines is 2. The molecule has 0 atom stereocenters. The highest BCUT2D eigenvalue weighted by molar-refractivity contribution is 8.00. The second kappa shape index (κ2) is 7.03. The number of alkyl halides is 3. The number of hydrogen-bond donors (Lipinski definition) is 2. The first-order valence-corrected chi connectivity index (χ1v) is 9.76. The molecule has 0 aliphatic carbocycles. The summed E-state index contributed by atoms with van der Waals surface area (Å²) in [6, 6.07) is 9.68. The first-order valence-electron chi connectivity index (χ1n) is 8.95. The van der Waals surface area contributed by atoms with E-state index in [9.17, 15) is 18.0 Å². The van der Waals surface area contributed by atoms with Gasteiger partial charge in [-0.2, -0.15) is 13.2 Å². The summed E-state index contributed by atoms with van der Waals surface area (Å²) in [7, 11) is 0. The van der Waals surface area contributed by atoms with Crippen molar-refractivity contribution >= 4 is 29.2 Å². The van der Waals surface area contributed by atoms with Crippen molar-refractivity contribution in [3.05, 3.63) is 53.6 Å². The lowest BCUT2D eigenvalue weighted by atomic mass is 9.77. The van der Waals surface area contributed by atoms with Crippen molar-refractivity contribution in [1.29, 1.82) is 0 Å². The lowest BCUT2D eigenvalue weighted by Crippen LogP contribution is -2.33. The van der Waals surface area contributed by atoms with Crippen molar-refractivity contribution in [3.63, 3.8) is 0 Å². The van der Waals surface area contributed by atoms with Crippen LogP contribution in [0, 0.1) is 0 Å². The molecule has 0 saturated heterocycles. The fraction of sp³-hybridized carbons (Fsp3) is 0.381. The van der Waals surface area contributed by atoms with E-state index in [0.29, 0.717) is 11.4 Å². The number of halogens is 3. The minimum atomic E-state index is -4.40. The smallest absolute Gasteiger partial charge is 0.308 e. The molecule has 0 radical (unpaired) electrons. The molecule has 0 spiro atoms. The molecule has 2 aromatic carbocycles. The second-order valence-corrected chi connectivity index (χ2v) is 10.0. The lowest BCUT2D eigenvalue weighted by Gasteiger charge is -2.41. The Morgan fingerprint density at radius 2 is 1.54 bits per heavy atom. The summed E-state index contributed by atoms with van der Waals surface area (Å²) in [5, 5.41) is 5.32. The van der Waals surface area contributed by atoms with Gasteiger partial charge < -0.3 is 10.6 Å². The zero-order chi connectivity index (χ0) is 20.7. The number of carbonyl (C=O) groups is 1. The van der Waals surface area contributed by atoms with E-state index >= 15 is 0 Å². The number of urea groups is 1. The molecule has 0 bridgehead atoms. The molecule has 1 aliphatic heterocycles. The van der Waals surface area contributed by atoms with E-state index in [4.69, 9.17) is 0 Å². The van der Waals surface area contributed by atoms with Crippen LogP contribution in [0.25, 0.3) is 0 Å². The van der Waals surface area contributed by atoms with Crippen LogP contribution in [-0.4, -0.2) is 10.8 Å². The Morgan fingerprint density at radius 1 is 0.964 bits per heavy atom. The summed E-state index contributed by atoms with van der Waals surface area (Å²) in [5.41, 5.74) is 1.35. The quantitative estimate of drug-likeness (QED) is 0.567. The van der Waals surface area contributed by atoms with Crippen LogP contribution in [0.3, 0.4) is 0 Å². The van der Waals surface area contributed by atoms with Gasteiger partial charge in [0.1, 0.15) is 0 Å². The highest BCUT2D eigenvalue weighted by atomic mass is 32.2. The normalized spacial score (nSPS) is 17.5. The van der Waals surface area contributed by atoms with Gasteiger partial charge in [-0.25, -0.2) is 4.79 Å². The van der Waals surface area contributed by atoms with Gasteiger partial charge in [0.2, 0.25) is 0 Å². The Bertz CT molecular complexity index is 890. The fourth-order valence-electron chi connectivity index (χ4n) is 3.75. The summed E-state index contributed by atoms with van der Waals surface area (Å²) >= 11 is 1.83. The number of amides is 2. The molecule has 7 heteroatoms. The van der Waals surface area contributed by atoms with Gasteiger partial charge in [-0.3, -0.25) is 0 Å². The van der Waals surface area contributed by atoms with Crippen LogP contribution in [0.5, 0.6) is 0 Å². The van der Waals surface area contributed by atoms with Crippen LogP contribution >= 0.6 is 11.8 Å². The number of rotatable bonds is 2. The van der Waals surface area contributed by atoms with E-state index in [1.165, 1.54) is 22.6 Å². The van der Waals surface area contributed by atoms with E-state index in [1.54, 1.807) is 0 Å². The molecule has 150 valence electrons. The maximum atomic E-state index is 12.6. The zero-order valence-electron chi connectivity index (χ0n) is 16.2. The molecule has 3 nitrogen and oxygen atoms in total. The fourth-order valence-corrected chi connectivity index (χ4v) is 5.36. The van der Waals surface area contributed by atoms with E-state index in [1.807, 2.05) is 30.0 Å². The van der Waals surface area contributed by atoms with E-state index in [0.717, 1.165) is 18.6 Å². The number of benzene rings is 2. The summed E-state index contributed by atoms with van der Waals surface area (Å²) in [4.78, 5) is 13.5. The van der Waals surface area contributed by atoms with Crippen molar-refractivity contribution in [2.24, 2.45) is 0 Å². The number of carbonyl (C=O) groups excluding carboxylic acids is 1. The molecule has 0 unspecified atom stereocenters. The topological polar surface area (TPSA) is 41.1 Å². The lowest BCUT2D eigenvalue weighted by molar-refractivity contribution is -0.137. The van der Waals surface area contributed by atoms with E-state index < -0.39 is 17.8 Å². The van der Waals surface area contributed by atoms with Gasteiger partial charge in [0.05, 0.1) is 5.56 Å². The van der Waals surface area contributed by atoms with Crippen molar-refractivity contribution in [3.8, 4) is 0 Å². The molecule has 0 aromatic heterocycles. The van der Waals surface area contributed by atoms with Crippen molar-refractivity contribution in [2.45, 2.75) is 55.3 Å². The largest absolute Gasteiger partial charge is 0.416 e. The SMILES string of the molecule is CC1(C)CC(C)(C)c2cc(NC(=O)Nc3ccc(C(F)(F)F)cc3)ccc2S1. The van der Waals surface area contributed by atoms with Crippen LogP contribution in [0.4, 0.5) is 29.3 Å². The Morgan fingerprint density at radius 3 is 2.14 bits per heavy atom. The minimum absolute atomic E-state index is 0.0221. The summed E-state index contributed by atoms with van der Waals surface area (Å²) in [6.45, 7) is 8.84. The van der Waals surface area contributed by atoms with Crippen LogP contribution in [0.15, 0.2) is 47.4 Å². The van der Waals surface area contributed by atoms with Gasteiger partial charge in [0.25, 0.3) is 0 Å². The van der Waals surface area contributed by atoms with Gasteiger partial charge in [0, 0.05) is 21.0 Å². The molecule has 1 heterocycles. The standard InChI is InChI=1S/C21H23F3N2OS/c1-19(2)12-20(3,4)28-17-10-9-15(11-16(17)19)26-18(27)25-14-7-5-13(6-8-14)21(22,23)24/h5-11H,12H2,1-4H3,(H2,25,26,27). The average molecular weight is 408 g/mol. The van der Waals surface area contributed by atoms with Crippen LogP contribution in [-0.2, 0) is 11.6 Å². The Hall–Kier alpha value is -2.15. The minimum Gasteiger partial charge on any atom is -0.308 e. The monoisotopic (exact) mass is 408 g/mol. The van der Waals surface area contributed by atoms with Crippen molar-refractivity contribution < 1.29 is 18.0 Å². The second-order valence-electron chi connectivity index (χ2n) is 8.29. The van der Waals surface area contributed by atoms with Gasteiger partial charge >= 0.3 is 12.2 Å². The highest BCUT2D eigenvalue weighted by Crippen LogP contribution is 2.51. The zero-order valence-corrected chi connectivity index (χ0v) is 17.0. The van der Waals surface area contributed by atoms with Crippen molar-refractivity contribution in [2.75, 3.05) is 10.6 Å². The molecule has 2 N–H and O–H groups in total. The third-order valence-corrected chi connectivity index (χ3v) is 5.96. The van der Waals surface area contributed by atoms with Gasteiger partial charge in [-0.15, -0.1) is 11.8 Å². The maximum absolute atomic E-state index is 12.6. The third kappa shape index (κ3) is 4.63. The molecule has 28 heavy (non-hydrogen) atoms. The third-order valence-electron chi connectivity index (χ3n) is 4.69. The van der Waals surface area contributed by atoms with Crippen LogP contribution in [0.2, 0.25) is 0 Å². The summed E-state index contributed by atoms with van der Waals surface area (Å²) in [5.74, 6) is 0. The summed E-state index contributed by atoms with van der Waals surface area (Å²) in [6.07, 6.45) is -3.39. The molecule has 0 fully saturated rings.